The largest absolute Gasteiger partial charge is 0.297 e. The van der Waals surface area contributed by atoms with E-state index >= 15 is 0 Å². The topological polar surface area (TPSA) is 59.5 Å². The van der Waals surface area contributed by atoms with Crippen molar-refractivity contribution in [2.45, 2.75) is 13.0 Å². The number of carbonyl (C=O) groups is 2. The van der Waals surface area contributed by atoms with Crippen LogP contribution in [0.15, 0.2) is 71.7 Å². The molecule has 0 saturated carbocycles. The summed E-state index contributed by atoms with van der Waals surface area (Å²) in [5, 5.41) is 3.41. The van der Waals surface area contributed by atoms with Crippen LogP contribution in [0.4, 0.5) is 5.69 Å². The Bertz CT molecular complexity index is 1010. The molecule has 1 atom stereocenters. The van der Waals surface area contributed by atoms with Gasteiger partial charge in [-0.25, -0.2) is 15.0 Å². The molecule has 0 bridgehead atoms. The maximum absolute atomic E-state index is 13.0. The van der Waals surface area contributed by atoms with Crippen molar-refractivity contribution in [2.24, 2.45) is 4.99 Å². The number of aliphatic imine (C=N–C) groups is 1. The highest BCUT2D eigenvalue weighted by molar-refractivity contribution is 6.48. The molecule has 1 unspecified atom stereocenters. The minimum Gasteiger partial charge on any atom is -0.297 e. The third-order valence-corrected chi connectivity index (χ3v) is 6.23. The molecule has 2 fully saturated rings. The summed E-state index contributed by atoms with van der Waals surface area (Å²) in [4.78, 5) is 34.4. The summed E-state index contributed by atoms with van der Waals surface area (Å²) in [5.74, 6) is -0.495. The number of hydrazine groups is 1. The molecule has 2 aromatic carbocycles. The average molecular weight is 446 g/mol. The molecule has 0 spiro atoms. The summed E-state index contributed by atoms with van der Waals surface area (Å²) in [5.41, 5.74) is 2.27. The number of para-hydroxylation sites is 1. The molecule has 172 valence electrons. The van der Waals surface area contributed by atoms with Crippen molar-refractivity contribution in [3.8, 4) is 0 Å². The van der Waals surface area contributed by atoms with E-state index in [-0.39, 0.29) is 24.4 Å². The van der Waals surface area contributed by atoms with Gasteiger partial charge < -0.3 is 0 Å². The lowest BCUT2D eigenvalue weighted by Crippen LogP contribution is -2.47. The second-order valence-electron chi connectivity index (χ2n) is 8.48. The Morgan fingerprint density at radius 2 is 1.58 bits per heavy atom. The fourth-order valence-electron chi connectivity index (χ4n) is 4.18. The van der Waals surface area contributed by atoms with Crippen LogP contribution in [-0.4, -0.2) is 84.7 Å². The molecule has 7 nitrogen and oxygen atoms in total. The molecule has 0 aliphatic carbocycles. The standard InChI is InChI=1S/C26H31N5O2/c1-21-25(26(33)31(28(21)2)23-13-7-4-8-14-23)27-24(32)20-30-18-16-29(17-19-30)15-9-12-22-10-5-3-6-11-22/h3-14,21H,15-20H2,1-2H3/b12-9-,27-25?. The van der Waals surface area contributed by atoms with Gasteiger partial charge in [0, 0.05) is 39.8 Å². The predicted octanol–water partition coefficient (Wildman–Crippen LogP) is 2.57. The van der Waals surface area contributed by atoms with E-state index in [1.165, 1.54) is 5.56 Å². The summed E-state index contributed by atoms with van der Waals surface area (Å²) < 4.78 is 0. The van der Waals surface area contributed by atoms with Gasteiger partial charge in [-0.05, 0) is 24.6 Å². The maximum atomic E-state index is 13.0. The summed E-state index contributed by atoms with van der Waals surface area (Å²) in [7, 11) is 1.84. The van der Waals surface area contributed by atoms with Crippen LogP contribution < -0.4 is 5.01 Å². The van der Waals surface area contributed by atoms with Crippen LogP contribution in [0.3, 0.4) is 0 Å². The van der Waals surface area contributed by atoms with Gasteiger partial charge in [-0.3, -0.25) is 19.4 Å². The second-order valence-corrected chi connectivity index (χ2v) is 8.48. The van der Waals surface area contributed by atoms with Crippen LogP contribution in [0.2, 0.25) is 0 Å². The first-order chi connectivity index (χ1) is 16.0. The number of nitrogens with zero attached hydrogens (tertiary/aromatic N) is 5. The van der Waals surface area contributed by atoms with Crippen LogP contribution in [0, 0.1) is 0 Å². The molecule has 7 heteroatoms. The molecule has 2 aliphatic heterocycles. The Morgan fingerprint density at radius 1 is 0.970 bits per heavy atom. The zero-order valence-corrected chi connectivity index (χ0v) is 19.3. The van der Waals surface area contributed by atoms with Crippen LogP contribution in [0.1, 0.15) is 12.5 Å². The van der Waals surface area contributed by atoms with E-state index < -0.39 is 0 Å². The van der Waals surface area contributed by atoms with Crippen LogP contribution >= 0.6 is 0 Å². The Kier molecular flexibility index (Phi) is 7.44. The van der Waals surface area contributed by atoms with Crippen molar-refractivity contribution >= 4 is 29.3 Å². The third kappa shape index (κ3) is 5.63. The Labute approximate surface area is 195 Å². The lowest BCUT2D eigenvalue weighted by atomic mass is 10.2. The number of benzene rings is 2. The summed E-state index contributed by atoms with van der Waals surface area (Å²) >= 11 is 0. The van der Waals surface area contributed by atoms with Crippen molar-refractivity contribution in [2.75, 3.05) is 51.3 Å². The van der Waals surface area contributed by atoms with E-state index in [9.17, 15) is 9.59 Å². The molecule has 2 aliphatic rings. The zero-order chi connectivity index (χ0) is 23.2. The SMILES string of the molecule is CC1C(=NC(=O)CN2CCN(C/C=C\c3ccccc3)CC2)C(=O)N(c2ccccc2)N1C. The number of carbonyl (C=O) groups excluding carboxylic acids is 2. The summed E-state index contributed by atoms with van der Waals surface area (Å²) in [6, 6.07) is 19.5. The zero-order valence-electron chi connectivity index (χ0n) is 19.3. The number of hydrogen-bond donors (Lipinski definition) is 0. The summed E-state index contributed by atoms with van der Waals surface area (Å²) in [6.07, 6.45) is 4.33. The number of piperazine rings is 1. The Balaban J connectivity index is 1.28. The molecular weight excluding hydrogens is 414 g/mol. The monoisotopic (exact) mass is 445 g/mol. The van der Waals surface area contributed by atoms with E-state index in [2.05, 4.69) is 39.1 Å². The van der Waals surface area contributed by atoms with Gasteiger partial charge in [0.15, 0.2) is 0 Å². The first-order valence-corrected chi connectivity index (χ1v) is 11.4. The first-order valence-electron chi connectivity index (χ1n) is 11.4. The molecule has 4 rings (SSSR count). The number of anilines is 1. The van der Waals surface area contributed by atoms with Gasteiger partial charge in [-0.2, -0.15) is 0 Å². The molecule has 2 saturated heterocycles. The smallest absolute Gasteiger partial charge is 0.289 e. The maximum Gasteiger partial charge on any atom is 0.289 e. The molecular formula is C26H31N5O2. The van der Waals surface area contributed by atoms with Gasteiger partial charge in [0.25, 0.3) is 11.8 Å². The van der Waals surface area contributed by atoms with Crippen LogP contribution in [0.5, 0.6) is 0 Å². The van der Waals surface area contributed by atoms with Gasteiger partial charge in [0.2, 0.25) is 0 Å². The number of amides is 2. The Hall–Kier alpha value is -3.13. The average Bonchev–Trinajstić information content (AvgIpc) is 3.04. The highest BCUT2D eigenvalue weighted by Crippen LogP contribution is 2.24. The second kappa shape index (κ2) is 10.7. The minimum absolute atomic E-state index is 0.237. The number of hydrogen-bond acceptors (Lipinski definition) is 5. The molecule has 0 aromatic heterocycles. The van der Waals surface area contributed by atoms with E-state index in [1.54, 1.807) is 5.01 Å². The van der Waals surface area contributed by atoms with Crippen molar-refractivity contribution < 1.29 is 9.59 Å². The molecule has 2 heterocycles. The highest BCUT2D eigenvalue weighted by atomic mass is 16.2. The van der Waals surface area contributed by atoms with Crippen molar-refractivity contribution in [1.29, 1.82) is 0 Å². The van der Waals surface area contributed by atoms with Gasteiger partial charge in [-0.15, -0.1) is 0 Å². The lowest BCUT2D eigenvalue weighted by Gasteiger charge is -2.33. The van der Waals surface area contributed by atoms with E-state index in [0.29, 0.717) is 5.71 Å². The van der Waals surface area contributed by atoms with Gasteiger partial charge in [-0.1, -0.05) is 60.7 Å². The molecule has 0 radical (unpaired) electrons. The van der Waals surface area contributed by atoms with Gasteiger partial charge in [0.1, 0.15) is 5.71 Å². The highest BCUT2D eigenvalue weighted by Gasteiger charge is 2.40. The quantitative estimate of drug-likeness (QED) is 0.684. The summed E-state index contributed by atoms with van der Waals surface area (Å²) in [6.45, 7) is 6.48. The number of rotatable bonds is 6. The normalized spacial score (nSPS) is 22.0. The first kappa shape index (κ1) is 23.0. The molecule has 2 aromatic rings. The van der Waals surface area contributed by atoms with Crippen LogP contribution in [0.25, 0.3) is 6.08 Å². The van der Waals surface area contributed by atoms with Crippen LogP contribution in [-0.2, 0) is 9.59 Å². The lowest BCUT2D eigenvalue weighted by molar-refractivity contribution is -0.120. The van der Waals surface area contributed by atoms with Crippen molar-refractivity contribution in [3.05, 3.63) is 72.3 Å². The van der Waals surface area contributed by atoms with Crippen molar-refractivity contribution in [3.63, 3.8) is 0 Å². The third-order valence-electron chi connectivity index (χ3n) is 6.23. The van der Waals surface area contributed by atoms with E-state index in [4.69, 9.17) is 0 Å². The van der Waals surface area contributed by atoms with Crippen molar-refractivity contribution in [1.82, 2.24) is 14.8 Å². The van der Waals surface area contributed by atoms with E-state index in [0.717, 1.165) is 38.4 Å². The van der Waals surface area contributed by atoms with E-state index in [1.807, 2.05) is 67.5 Å². The predicted molar refractivity (Wildman–Crippen MR) is 132 cm³/mol. The minimum atomic E-state index is -0.258. The Morgan fingerprint density at radius 3 is 2.24 bits per heavy atom. The molecule has 2 amide bonds. The molecule has 33 heavy (non-hydrogen) atoms. The fraction of sp³-hybridized carbons (Fsp3) is 0.346. The van der Waals surface area contributed by atoms with Gasteiger partial charge in [0.05, 0.1) is 18.3 Å². The fourth-order valence-corrected chi connectivity index (χ4v) is 4.18. The molecule has 0 N–H and O–H groups in total. The van der Waals surface area contributed by atoms with Gasteiger partial charge >= 0.3 is 0 Å².